The van der Waals surface area contributed by atoms with Crippen LogP contribution >= 0.6 is 0 Å². The Morgan fingerprint density at radius 3 is 1.75 bits per heavy atom. The Bertz CT molecular complexity index is 935. The molecule has 1 rings (SSSR count). The van der Waals surface area contributed by atoms with Gasteiger partial charge in [0.1, 0.15) is 12.1 Å². The fraction of sp³-hybridized carbons (Fsp3) is 0.455. The molecule has 4 amide bonds. The number of carbonyl (C=O) groups excluding carboxylic acids is 2. The highest BCUT2D eigenvalue weighted by Gasteiger charge is 2.24. The maximum absolute atomic E-state index is 12.0. The molecule has 36 heavy (non-hydrogen) atoms. The molecule has 0 aliphatic rings. The number of rotatable bonds is 16. The Hall–Kier alpha value is -4.36. The van der Waals surface area contributed by atoms with Crippen LogP contribution in [0.25, 0.3) is 0 Å². The number of amides is 4. The molecule has 0 bridgehead atoms. The predicted molar refractivity (Wildman–Crippen MR) is 123 cm³/mol. The molecule has 1 aromatic carbocycles. The predicted octanol–water partition coefficient (Wildman–Crippen LogP) is 0.354. The fourth-order valence-corrected chi connectivity index (χ4v) is 3.01. The molecular weight excluding hydrogens is 480 g/mol. The highest BCUT2D eigenvalue weighted by molar-refractivity contribution is 5.86. The second kappa shape index (κ2) is 15.5. The van der Waals surface area contributed by atoms with Gasteiger partial charge < -0.3 is 41.7 Å². The van der Waals surface area contributed by atoms with E-state index in [-0.39, 0.29) is 32.4 Å². The van der Waals surface area contributed by atoms with Crippen LogP contribution < -0.4 is 21.3 Å². The van der Waals surface area contributed by atoms with E-state index in [0.29, 0.717) is 18.4 Å². The van der Waals surface area contributed by atoms with Crippen molar-refractivity contribution < 1.29 is 49.2 Å². The van der Waals surface area contributed by atoms with Crippen molar-refractivity contribution in [1.82, 2.24) is 21.3 Å². The molecule has 14 nitrogen and oxygen atoms in total. The monoisotopic (exact) mass is 510 g/mol. The normalized spacial score (nSPS) is 12.0. The average Bonchev–Trinajstić information content (AvgIpc) is 2.79. The first-order valence-corrected chi connectivity index (χ1v) is 11.0. The minimum absolute atomic E-state index is 0.0155. The number of carbonyl (C=O) groups is 6. The minimum atomic E-state index is -1.49. The third kappa shape index (κ3) is 12.8. The van der Waals surface area contributed by atoms with Crippen LogP contribution in [0.4, 0.5) is 9.59 Å². The summed E-state index contributed by atoms with van der Waals surface area (Å²) in [5.41, 5.74) is 1.42. The fourth-order valence-electron chi connectivity index (χ4n) is 3.01. The highest BCUT2D eigenvalue weighted by Crippen LogP contribution is 2.06. The first-order chi connectivity index (χ1) is 17.0. The van der Waals surface area contributed by atoms with Crippen LogP contribution in [0.1, 0.15) is 43.2 Å². The summed E-state index contributed by atoms with van der Waals surface area (Å²) in [6, 6.07) is 2.45. The van der Waals surface area contributed by atoms with Crippen LogP contribution in [-0.2, 0) is 32.1 Å². The maximum Gasteiger partial charge on any atom is 0.326 e. The summed E-state index contributed by atoms with van der Waals surface area (Å²) in [5, 5.41) is 45.2. The van der Waals surface area contributed by atoms with Crippen LogP contribution in [0.2, 0.25) is 0 Å². The van der Waals surface area contributed by atoms with E-state index in [1.165, 1.54) is 0 Å². The lowest BCUT2D eigenvalue weighted by Gasteiger charge is -2.18. The van der Waals surface area contributed by atoms with E-state index >= 15 is 0 Å². The third-order valence-electron chi connectivity index (χ3n) is 4.89. The van der Waals surface area contributed by atoms with Crippen LogP contribution in [0.3, 0.4) is 0 Å². The average molecular weight is 511 g/mol. The Morgan fingerprint density at radius 1 is 0.667 bits per heavy atom. The third-order valence-corrected chi connectivity index (χ3v) is 4.89. The minimum Gasteiger partial charge on any atom is -0.481 e. The quantitative estimate of drug-likeness (QED) is 0.142. The van der Waals surface area contributed by atoms with Crippen molar-refractivity contribution in [1.29, 1.82) is 0 Å². The number of hydrogen-bond acceptors (Lipinski definition) is 6. The highest BCUT2D eigenvalue weighted by atomic mass is 16.4. The SMILES string of the molecule is O=C(O)CC[C@H](NC(=O)N[C@@H](CCCCNC(=O)NCc1ccc(CC(=O)O)cc1)C(=O)O)C(=O)O. The molecule has 14 heteroatoms. The smallest absolute Gasteiger partial charge is 0.326 e. The maximum atomic E-state index is 12.0. The van der Waals surface area contributed by atoms with Gasteiger partial charge in [0.15, 0.2) is 0 Å². The van der Waals surface area contributed by atoms with Gasteiger partial charge in [-0.1, -0.05) is 24.3 Å². The van der Waals surface area contributed by atoms with Gasteiger partial charge in [-0.3, -0.25) is 9.59 Å². The number of urea groups is 2. The molecule has 0 saturated carbocycles. The number of benzene rings is 1. The molecule has 0 saturated heterocycles. The summed E-state index contributed by atoms with van der Waals surface area (Å²) >= 11 is 0. The second-order valence-electron chi connectivity index (χ2n) is 7.82. The first-order valence-electron chi connectivity index (χ1n) is 11.0. The zero-order chi connectivity index (χ0) is 27.1. The van der Waals surface area contributed by atoms with Crippen molar-refractivity contribution in [3.05, 3.63) is 35.4 Å². The largest absolute Gasteiger partial charge is 0.481 e. The number of hydrogen-bond donors (Lipinski definition) is 8. The molecule has 8 N–H and O–H groups in total. The van der Waals surface area contributed by atoms with Crippen molar-refractivity contribution in [3.63, 3.8) is 0 Å². The molecule has 0 aromatic heterocycles. The van der Waals surface area contributed by atoms with Gasteiger partial charge in [0.05, 0.1) is 6.42 Å². The van der Waals surface area contributed by atoms with E-state index in [1.54, 1.807) is 24.3 Å². The van der Waals surface area contributed by atoms with Gasteiger partial charge in [0.25, 0.3) is 0 Å². The molecule has 198 valence electrons. The molecule has 0 heterocycles. The van der Waals surface area contributed by atoms with Gasteiger partial charge in [-0.15, -0.1) is 0 Å². The molecular formula is C22H30N4O10. The summed E-state index contributed by atoms with van der Waals surface area (Å²) in [7, 11) is 0. The van der Waals surface area contributed by atoms with Crippen molar-refractivity contribution >= 4 is 35.9 Å². The van der Waals surface area contributed by atoms with E-state index in [2.05, 4.69) is 16.0 Å². The van der Waals surface area contributed by atoms with Gasteiger partial charge in [-0.2, -0.15) is 0 Å². The molecule has 0 spiro atoms. The van der Waals surface area contributed by atoms with E-state index in [9.17, 15) is 33.9 Å². The van der Waals surface area contributed by atoms with Gasteiger partial charge in [-0.25, -0.2) is 19.2 Å². The lowest BCUT2D eigenvalue weighted by atomic mass is 10.1. The molecule has 1 aromatic rings. The van der Waals surface area contributed by atoms with Crippen LogP contribution in [0.5, 0.6) is 0 Å². The molecule has 0 fully saturated rings. The second-order valence-corrected chi connectivity index (χ2v) is 7.82. The summed E-state index contributed by atoms with van der Waals surface area (Å²) < 4.78 is 0. The molecule has 0 radical (unpaired) electrons. The Balaban J connectivity index is 2.33. The number of unbranched alkanes of at least 4 members (excludes halogenated alkanes) is 1. The summed E-state index contributed by atoms with van der Waals surface area (Å²) in [6.45, 7) is 0.460. The van der Waals surface area contributed by atoms with E-state index in [4.69, 9.17) is 15.3 Å². The summed E-state index contributed by atoms with van der Waals surface area (Å²) in [5.74, 6) is -4.95. The number of carboxylic acid groups (broad SMARTS) is 4. The van der Waals surface area contributed by atoms with Gasteiger partial charge in [-0.05, 0) is 36.8 Å². The van der Waals surface area contributed by atoms with Gasteiger partial charge in [0, 0.05) is 19.5 Å². The molecule has 0 unspecified atom stereocenters. The first kappa shape index (κ1) is 29.7. The van der Waals surface area contributed by atoms with Gasteiger partial charge in [0.2, 0.25) is 0 Å². The molecule has 0 aliphatic heterocycles. The lowest BCUT2D eigenvalue weighted by Crippen LogP contribution is -2.51. The van der Waals surface area contributed by atoms with E-state index in [1.807, 2.05) is 5.32 Å². The van der Waals surface area contributed by atoms with Crippen molar-refractivity contribution in [2.45, 2.75) is 57.2 Å². The van der Waals surface area contributed by atoms with Gasteiger partial charge >= 0.3 is 35.9 Å². The molecule has 2 atom stereocenters. The molecule has 0 aliphatic carbocycles. The Labute approximate surface area is 206 Å². The Morgan fingerprint density at radius 2 is 1.22 bits per heavy atom. The summed E-state index contributed by atoms with van der Waals surface area (Å²) in [6.07, 6.45) is -0.197. The topological polar surface area (TPSA) is 231 Å². The number of carboxylic acids is 4. The zero-order valence-electron chi connectivity index (χ0n) is 19.4. The van der Waals surface area contributed by atoms with E-state index in [0.717, 1.165) is 5.56 Å². The number of nitrogens with one attached hydrogen (secondary N) is 4. The van der Waals surface area contributed by atoms with E-state index < -0.39 is 54.4 Å². The van der Waals surface area contributed by atoms with Crippen LogP contribution in [0.15, 0.2) is 24.3 Å². The zero-order valence-corrected chi connectivity index (χ0v) is 19.4. The van der Waals surface area contributed by atoms with Crippen molar-refractivity contribution in [2.24, 2.45) is 0 Å². The Kier molecular flexibility index (Phi) is 12.8. The van der Waals surface area contributed by atoms with Crippen molar-refractivity contribution in [2.75, 3.05) is 6.54 Å². The van der Waals surface area contributed by atoms with Crippen molar-refractivity contribution in [3.8, 4) is 0 Å². The van der Waals surface area contributed by atoms with Crippen LogP contribution in [0, 0.1) is 0 Å². The lowest BCUT2D eigenvalue weighted by molar-refractivity contribution is -0.141. The standard InChI is InChI=1S/C22H30N4O10/c27-17(28)9-8-16(20(33)34)26-22(36)25-15(19(31)32)3-1-2-10-23-21(35)24-12-14-6-4-13(5-7-14)11-18(29)30/h4-7,15-16H,1-3,8-12H2,(H,27,28)(H,29,30)(H,31,32)(H,33,34)(H2,23,24,35)(H2,25,26,36)/t15-,16-/m0/s1. The van der Waals surface area contributed by atoms with Crippen LogP contribution in [-0.4, -0.2) is 75.0 Å². The number of aliphatic carboxylic acids is 4. The summed E-state index contributed by atoms with van der Waals surface area (Å²) in [4.78, 5) is 67.6.